The van der Waals surface area contributed by atoms with Gasteiger partial charge in [-0.05, 0) is 0 Å². The Morgan fingerprint density at radius 2 is 1.00 bits per heavy atom. The zero-order valence-corrected chi connectivity index (χ0v) is 33.9. The third kappa shape index (κ3) is 5.13. The standard InChI is InChI=1S/2C19H14N.C7H9Si.2ClH.Zr/c2*1-13-9-14-6-4-7-17(18(14)10-13)16-11-15-5-2-3-8-19(15)20-12-16;1-8-7-5-3-2-4-6-7;;;/h2*2-12H,1H3;2-6,8H,1H3;2*1H;/q;;;;;+2/p-2. The molecule has 2 nitrogen and oxygen atoms in total. The van der Waals surface area contributed by atoms with Crippen LogP contribution in [0.15, 0.2) is 151 Å². The van der Waals surface area contributed by atoms with Crippen LogP contribution in [0.4, 0.5) is 0 Å². The first-order valence-corrected chi connectivity index (χ1v) is 33.4. The molecule has 0 spiro atoms. The third-order valence-electron chi connectivity index (χ3n) is 11.6. The van der Waals surface area contributed by atoms with Crippen LogP contribution in [0.3, 0.4) is 0 Å². The van der Waals surface area contributed by atoms with Gasteiger partial charge in [0.2, 0.25) is 0 Å². The van der Waals surface area contributed by atoms with Crippen LogP contribution in [0.1, 0.15) is 43.4 Å². The summed E-state index contributed by atoms with van der Waals surface area (Å²) in [4.78, 5) is 9.67. The fourth-order valence-electron chi connectivity index (χ4n) is 9.24. The number of aromatic nitrogens is 2. The number of fused-ring (bicyclic) bond motifs is 4. The molecule has 7 aromatic rings. The van der Waals surface area contributed by atoms with E-state index in [2.05, 4.69) is 148 Å². The van der Waals surface area contributed by atoms with E-state index in [9.17, 15) is 0 Å². The molecule has 0 fully saturated rings. The summed E-state index contributed by atoms with van der Waals surface area (Å²) >= 11 is -5.13. The predicted molar refractivity (Wildman–Crippen MR) is 218 cm³/mol. The summed E-state index contributed by atoms with van der Waals surface area (Å²) in [5.74, 6) is -2.02. The van der Waals surface area contributed by atoms with Crippen LogP contribution in [-0.2, 0) is 15.6 Å². The molecule has 0 saturated heterocycles. The van der Waals surface area contributed by atoms with Crippen LogP contribution in [0.2, 0.25) is 6.55 Å². The number of halogens is 2. The van der Waals surface area contributed by atoms with Crippen molar-refractivity contribution >= 4 is 62.1 Å². The molecule has 0 bridgehead atoms. The summed E-state index contributed by atoms with van der Waals surface area (Å²) in [6.07, 6.45) is 8.76. The van der Waals surface area contributed by atoms with Crippen molar-refractivity contribution in [2.24, 2.45) is 0 Å². The Morgan fingerprint density at radius 3 is 1.49 bits per heavy atom. The van der Waals surface area contributed by atoms with Gasteiger partial charge in [-0.15, -0.1) is 0 Å². The monoisotopic (exact) mass is 793 g/mol. The summed E-state index contributed by atoms with van der Waals surface area (Å²) in [5.41, 5.74) is 14.1. The van der Waals surface area contributed by atoms with Crippen LogP contribution in [-0.4, -0.2) is 15.9 Å². The SMILES string of the molecule is CC1=Cc2c(-c3cnc4ccccc4c3)cccc2[CH]1[Zr]([Cl])([Cl])([CH]1C(C)=Cc2c(-c3cnc4ccccc4c3)cccc21)[SiH](C)c1ccccc1. The number of hydrogen-bond acceptors (Lipinski definition) is 2. The van der Waals surface area contributed by atoms with Crippen molar-refractivity contribution < 1.29 is 15.6 Å². The van der Waals surface area contributed by atoms with Crippen molar-refractivity contribution in [3.63, 3.8) is 0 Å². The van der Waals surface area contributed by atoms with Crippen molar-refractivity contribution in [1.29, 1.82) is 0 Å². The van der Waals surface area contributed by atoms with E-state index in [1.54, 1.807) is 0 Å². The molecule has 0 aliphatic heterocycles. The maximum atomic E-state index is 8.82. The second-order valence-electron chi connectivity index (χ2n) is 14.5. The van der Waals surface area contributed by atoms with E-state index in [-0.39, 0.29) is 7.25 Å². The average Bonchev–Trinajstić information content (AvgIpc) is 3.71. The summed E-state index contributed by atoms with van der Waals surface area (Å²) in [7, 11) is 17.6. The summed E-state index contributed by atoms with van der Waals surface area (Å²) in [6.45, 7) is 6.97. The van der Waals surface area contributed by atoms with E-state index in [0.29, 0.717) is 0 Å². The predicted octanol–water partition coefficient (Wildman–Crippen LogP) is 12.0. The molecule has 0 N–H and O–H groups in total. The summed E-state index contributed by atoms with van der Waals surface area (Å²) in [5, 5.41) is 3.60. The van der Waals surface area contributed by atoms with Gasteiger partial charge in [-0.2, -0.15) is 0 Å². The molecular formula is C45H37Cl2N2SiZr. The van der Waals surface area contributed by atoms with E-state index < -0.39 is 21.5 Å². The molecule has 5 aromatic carbocycles. The molecule has 0 amide bonds. The molecule has 2 heterocycles. The van der Waals surface area contributed by atoms with Gasteiger partial charge in [-0.1, -0.05) is 0 Å². The first-order chi connectivity index (χ1) is 24.7. The first kappa shape index (κ1) is 33.0. The number of benzene rings is 5. The van der Waals surface area contributed by atoms with Gasteiger partial charge in [0.15, 0.2) is 0 Å². The fraction of sp³-hybridized carbons (Fsp3) is 0.111. The van der Waals surface area contributed by atoms with Crippen molar-refractivity contribution in [1.82, 2.24) is 9.97 Å². The van der Waals surface area contributed by atoms with Gasteiger partial charge < -0.3 is 0 Å². The normalized spacial score (nSPS) is 18.1. The maximum absolute atomic E-state index is 8.82. The molecule has 9 rings (SSSR count). The van der Waals surface area contributed by atoms with Crippen molar-refractivity contribution in [3.05, 3.63) is 173 Å². The van der Waals surface area contributed by atoms with Gasteiger partial charge in [0.05, 0.1) is 0 Å². The molecule has 2 aromatic heterocycles. The van der Waals surface area contributed by atoms with Crippen LogP contribution >= 0.6 is 17.0 Å². The molecule has 3 atom stereocenters. The van der Waals surface area contributed by atoms with Crippen LogP contribution in [0.25, 0.3) is 56.2 Å². The molecular weight excluding hydrogens is 759 g/mol. The first-order valence-electron chi connectivity index (χ1n) is 17.7. The molecule has 3 unspecified atom stereocenters. The van der Waals surface area contributed by atoms with Crippen molar-refractivity contribution in [3.8, 4) is 22.3 Å². The number of hydrogen-bond donors (Lipinski definition) is 0. The van der Waals surface area contributed by atoms with E-state index in [4.69, 9.17) is 27.0 Å². The quantitative estimate of drug-likeness (QED) is 0.157. The van der Waals surface area contributed by atoms with E-state index in [1.165, 1.54) is 49.7 Å². The Kier molecular flexibility index (Phi) is 7.98. The van der Waals surface area contributed by atoms with E-state index in [1.807, 2.05) is 24.5 Å². The Morgan fingerprint density at radius 1 is 0.549 bits per heavy atom. The van der Waals surface area contributed by atoms with Crippen LogP contribution in [0.5, 0.6) is 0 Å². The third-order valence-corrected chi connectivity index (χ3v) is 59.2. The molecule has 51 heavy (non-hydrogen) atoms. The Hall–Kier alpha value is -3.92. The minimum absolute atomic E-state index is 0.0368. The van der Waals surface area contributed by atoms with E-state index in [0.717, 1.165) is 32.9 Å². The van der Waals surface area contributed by atoms with Gasteiger partial charge in [0.1, 0.15) is 0 Å². The zero-order chi connectivity index (χ0) is 34.9. The van der Waals surface area contributed by atoms with Crippen molar-refractivity contribution in [2.75, 3.05) is 0 Å². The zero-order valence-electron chi connectivity index (χ0n) is 28.8. The van der Waals surface area contributed by atoms with Gasteiger partial charge in [0, 0.05) is 0 Å². The Labute approximate surface area is 308 Å². The molecule has 6 heteroatoms. The van der Waals surface area contributed by atoms with Gasteiger partial charge in [0.25, 0.3) is 0 Å². The molecule has 0 radical (unpaired) electrons. The van der Waals surface area contributed by atoms with Gasteiger partial charge in [-0.25, -0.2) is 0 Å². The average molecular weight is 796 g/mol. The fourth-order valence-corrected chi connectivity index (χ4v) is 51.4. The molecule has 2 aliphatic carbocycles. The number of rotatable bonds is 6. The topological polar surface area (TPSA) is 25.8 Å². The summed E-state index contributed by atoms with van der Waals surface area (Å²) in [6, 6.07) is 45.5. The Bertz CT molecular complexity index is 2440. The number of allylic oxidation sites excluding steroid dienone is 2. The van der Waals surface area contributed by atoms with Crippen molar-refractivity contribution in [2.45, 2.75) is 27.6 Å². The minimum atomic E-state index is -5.13. The Balaban J connectivity index is 1.25. The molecule has 2 aliphatic rings. The number of para-hydroxylation sites is 2. The van der Waals surface area contributed by atoms with Crippen LogP contribution in [0, 0.1) is 0 Å². The second kappa shape index (κ2) is 12.3. The summed E-state index contributed by atoms with van der Waals surface area (Å²) < 4.78 is -0.0735. The molecule has 249 valence electrons. The second-order valence-corrected chi connectivity index (χ2v) is 54.6. The van der Waals surface area contributed by atoms with Gasteiger partial charge >= 0.3 is 311 Å². The molecule has 0 saturated carbocycles. The number of pyridine rings is 2. The van der Waals surface area contributed by atoms with Gasteiger partial charge in [-0.3, -0.25) is 0 Å². The van der Waals surface area contributed by atoms with Crippen LogP contribution < -0.4 is 5.19 Å². The van der Waals surface area contributed by atoms with E-state index >= 15 is 0 Å². The number of nitrogens with zero attached hydrogens (tertiary/aromatic N) is 2.